The van der Waals surface area contributed by atoms with E-state index in [4.69, 9.17) is 0 Å². The average Bonchev–Trinajstić information content (AvgIpc) is 3.08. The van der Waals surface area contributed by atoms with E-state index in [0.29, 0.717) is 16.3 Å². The highest BCUT2D eigenvalue weighted by atomic mass is 32.1. The lowest BCUT2D eigenvalue weighted by Gasteiger charge is -2.27. The number of carbonyl (C=O) groups is 1. The van der Waals surface area contributed by atoms with Crippen molar-refractivity contribution in [3.63, 3.8) is 0 Å². The minimum atomic E-state index is -1.77. The zero-order valence-corrected chi connectivity index (χ0v) is 12.5. The van der Waals surface area contributed by atoms with Crippen molar-refractivity contribution in [1.82, 2.24) is 4.98 Å². The van der Waals surface area contributed by atoms with Crippen molar-refractivity contribution in [2.45, 2.75) is 5.60 Å². The molecule has 22 heavy (non-hydrogen) atoms. The minimum Gasteiger partial charge on any atom is -0.372 e. The molecule has 1 heterocycles. The van der Waals surface area contributed by atoms with E-state index in [2.05, 4.69) is 10.3 Å². The van der Waals surface area contributed by atoms with Crippen LogP contribution in [0.4, 0.5) is 5.13 Å². The Morgan fingerprint density at radius 2 is 1.55 bits per heavy atom. The van der Waals surface area contributed by atoms with Crippen LogP contribution in [0.25, 0.3) is 0 Å². The first kappa shape index (κ1) is 14.4. The lowest BCUT2D eigenvalue weighted by molar-refractivity contribution is -0.131. The van der Waals surface area contributed by atoms with Gasteiger partial charge in [0.15, 0.2) is 10.7 Å². The molecule has 2 N–H and O–H groups in total. The third-order valence-electron chi connectivity index (χ3n) is 3.36. The molecule has 0 aliphatic heterocycles. The van der Waals surface area contributed by atoms with Crippen LogP contribution < -0.4 is 5.32 Å². The number of anilines is 1. The number of hydrogen-bond donors (Lipinski definition) is 2. The average molecular weight is 310 g/mol. The fourth-order valence-corrected chi connectivity index (χ4v) is 2.78. The van der Waals surface area contributed by atoms with E-state index in [1.807, 2.05) is 12.1 Å². The SMILES string of the molecule is O=C(Nc1nccs1)C(O)(c1ccccc1)c1ccccc1. The zero-order chi connectivity index (χ0) is 15.4. The zero-order valence-electron chi connectivity index (χ0n) is 11.6. The Hall–Kier alpha value is -2.50. The summed E-state index contributed by atoms with van der Waals surface area (Å²) in [4.78, 5) is 16.8. The molecule has 0 aliphatic rings. The largest absolute Gasteiger partial charge is 0.372 e. The number of aromatic nitrogens is 1. The van der Waals surface area contributed by atoms with Crippen LogP contribution >= 0.6 is 11.3 Å². The molecule has 0 atom stereocenters. The number of rotatable bonds is 4. The molecule has 0 bridgehead atoms. The second kappa shape index (κ2) is 6.09. The Balaban J connectivity index is 2.05. The third-order valence-corrected chi connectivity index (χ3v) is 4.05. The van der Waals surface area contributed by atoms with E-state index in [-0.39, 0.29) is 0 Å². The number of thiazole rings is 1. The van der Waals surface area contributed by atoms with Gasteiger partial charge in [0.2, 0.25) is 0 Å². The molecule has 0 saturated heterocycles. The lowest BCUT2D eigenvalue weighted by Crippen LogP contribution is -2.41. The maximum absolute atomic E-state index is 12.7. The summed E-state index contributed by atoms with van der Waals surface area (Å²) in [5.41, 5.74) is -0.751. The first-order valence-electron chi connectivity index (χ1n) is 6.75. The van der Waals surface area contributed by atoms with Crippen LogP contribution in [0.15, 0.2) is 72.2 Å². The maximum Gasteiger partial charge on any atom is 0.267 e. The normalized spacial score (nSPS) is 11.1. The van der Waals surface area contributed by atoms with Gasteiger partial charge in [-0.05, 0) is 11.1 Å². The van der Waals surface area contributed by atoms with Crippen LogP contribution in [-0.2, 0) is 10.4 Å². The van der Waals surface area contributed by atoms with E-state index < -0.39 is 11.5 Å². The molecule has 2 aromatic carbocycles. The predicted octanol–water partition coefficient (Wildman–Crippen LogP) is 3.02. The van der Waals surface area contributed by atoms with Gasteiger partial charge in [0, 0.05) is 11.6 Å². The van der Waals surface area contributed by atoms with Crippen LogP contribution in [0.1, 0.15) is 11.1 Å². The molecule has 110 valence electrons. The number of benzene rings is 2. The molecular weight excluding hydrogens is 296 g/mol. The Bertz CT molecular complexity index is 703. The first-order valence-corrected chi connectivity index (χ1v) is 7.63. The smallest absolute Gasteiger partial charge is 0.267 e. The van der Waals surface area contributed by atoms with Gasteiger partial charge in [-0.1, -0.05) is 60.7 Å². The van der Waals surface area contributed by atoms with Crippen molar-refractivity contribution >= 4 is 22.4 Å². The summed E-state index contributed by atoms with van der Waals surface area (Å²) in [7, 11) is 0. The van der Waals surface area contributed by atoms with Gasteiger partial charge in [0.25, 0.3) is 5.91 Å². The van der Waals surface area contributed by atoms with Crippen molar-refractivity contribution in [1.29, 1.82) is 0 Å². The van der Waals surface area contributed by atoms with E-state index in [1.54, 1.807) is 60.1 Å². The van der Waals surface area contributed by atoms with Crippen molar-refractivity contribution in [3.8, 4) is 0 Å². The van der Waals surface area contributed by atoms with E-state index in [0.717, 1.165) is 0 Å². The summed E-state index contributed by atoms with van der Waals surface area (Å²) in [5, 5.41) is 16.1. The van der Waals surface area contributed by atoms with Crippen molar-refractivity contribution in [2.75, 3.05) is 5.32 Å². The molecule has 3 rings (SSSR count). The predicted molar refractivity (Wildman–Crippen MR) is 86.6 cm³/mol. The van der Waals surface area contributed by atoms with Gasteiger partial charge < -0.3 is 5.11 Å². The Labute approximate surface area is 132 Å². The van der Waals surface area contributed by atoms with Crippen molar-refractivity contribution in [2.24, 2.45) is 0 Å². The summed E-state index contributed by atoms with van der Waals surface area (Å²) in [5.74, 6) is -0.528. The van der Waals surface area contributed by atoms with Crippen molar-refractivity contribution in [3.05, 3.63) is 83.4 Å². The lowest BCUT2D eigenvalue weighted by atomic mass is 9.85. The second-order valence-corrected chi connectivity index (χ2v) is 5.63. The number of hydrogen-bond acceptors (Lipinski definition) is 4. The molecule has 1 amide bonds. The molecule has 3 aromatic rings. The molecule has 0 unspecified atom stereocenters. The Morgan fingerprint density at radius 3 is 2.00 bits per heavy atom. The first-order chi connectivity index (χ1) is 10.7. The second-order valence-electron chi connectivity index (χ2n) is 4.73. The number of aliphatic hydroxyl groups is 1. The summed E-state index contributed by atoms with van der Waals surface area (Å²) >= 11 is 1.30. The van der Waals surface area contributed by atoms with E-state index in [1.165, 1.54) is 11.3 Å². The summed E-state index contributed by atoms with van der Waals surface area (Å²) in [6, 6.07) is 17.8. The molecule has 0 spiro atoms. The number of nitrogens with one attached hydrogen (secondary N) is 1. The van der Waals surface area contributed by atoms with Crippen molar-refractivity contribution < 1.29 is 9.90 Å². The highest BCUT2D eigenvalue weighted by molar-refractivity contribution is 7.13. The molecule has 5 heteroatoms. The molecule has 0 saturated carbocycles. The van der Waals surface area contributed by atoms with Crippen LogP contribution in [0.5, 0.6) is 0 Å². The fourth-order valence-electron chi connectivity index (χ4n) is 2.26. The summed E-state index contributed by atoms with van der Waals surface area (Å²) in [6.45, 7) is 0. The molecule has 4 nitrogen and oxygen atoms in total. The molecule has 1 aromatic heterocycles. The van der Waals surface area contributed by atoms with Crippen LogP contribution in [0.3, 0.4) is 0 Å². The van der Waals surface area contributed by atoms with Gasteiger partial charge in [0.1, 0.15) is 0 Å². The van der Waals surface area contributed by atoms with Gasteiger partial charge in [-0.3, -0.25) is 10.1 Å². The highest BCUT2D eigenvalue weighted by Gasteiger charge is 2.40. The maximum atomic E-state index is 12.7. The molecule has 0 fully saturated rings. The van der Waals surface area contributed by atoms with Gasteiger partial charge in [0.05, 0.1) is 0 Å². The summed E-state index contributed by atoms with van der Waals surface area (Å²) in [6.07, 6.45) is 1.60. The van der Waals surface area contributed by atoms with Crippen LogP contribution in [-0.4, -0.2) is 16.0 Å². The monoisotopic (exact) mass is 310 g/mol. The molecular formula is C17H14N2O2S. The molecule has 0 radical (unpaired) electrons. The molecule has 0 aliphatic carbocycles. The van der Waals surface area contributed by atoms with E-state index >= 15 is 0 Å². The Morgan fingerprint density at radius 1 is 1.00 bits per heavy atom. The van der Waals surface area contributed by atoms with Gasteiger partial charge in [-0.25, -0.2) is 4.98 Å². The summed E-state index contributed by atoms with van der Waals surface area (Å²) < 4.78 is 0. The highest BCUT2D eigenvalue weighted by Crippen LogP contribution is 2.31. The van der Waals surface area contributed by atoms with Crippen LogP contribution in [0.2, 0.25) is 0 Å². The Kier molecular flexibility index (Phi) is 4.00. The number of carbonyl (C=O) groups excluding carboxylic acids is 1. The standard InChI is InChI=1S/C17H14N2O2S/c20-15(19-16-18-11-12-22-16)17(21,13-7-3-1-4-8-13)14-9-5-2-6-10-14/h1-12,21H,(H,18,19,20). The third kappa shape index (κ3) is 2.64. The number of nitrogens with zero attached hydrogens (tertiary/aromatic N) is 1. The van der Waals surface area contributed by atoms with Gasteiger partial charge in [-0.15, -0.1) is 11.3 Å². The van der Waals surface area contributed by atoms with Gasteiger partial charge >= 0.3 is 0 Å². The fraction of sp³-hybridized carbons (Fsp3) is 0.0588. The van der Waals surface area contributed by atoms with E-state index in [9.17, 15) is 9.90 Å². The quantitative estimate of drug-likeness (QED) is 0.778. The minimum absolute atomic E-state index is 0.454. The van der Waals surface area contributed by atoms with Crippen LogP contribution in [0, 0.1) is 0 Å². The topological polar surface area (TPSA) is 62.2 Å². The van der Waals surface area contributed by atoms with Gasteiger partial charge in [-0.2, -0.15) is 0 Å². The number of amides is 1.